The number of nitrogens with one attached hydrogen (secondary N) is 2. The fraction of sp³-hybridized carbons (Fsp3) is 0.474. The van der Waals surface area contributed by atoms with Crippen LogP contribution in [0.2, 0.25) is 0 Å². The minimum absolute atomic E-state index is 0.0450. The van der Waals surface area contributed by atoms with Gasteiger partial charge in [0.25, 0.3) is 0 Å². The number of methoxy groups -OCH3 is 1. The van der Waals surface area contributed by atoms with Gasteiger partial charge in [-0.2, -0.15) is 5.10 Å². The molecule has 1 aromatic carbocycles. The molecule has 1 aliphatic rings. The van der Waals surface area contributed by atoms with Gasteiger partial charge in [-0.05, 0) is 12.5 Å². The zero-order valence-corrected chi connectivity index (χ0v) is 15.6. The van der Waals surface area contributed by atoms with Crippen molar-refractivity contribution >= 4 is 11.8 Å². The smallest absolute Gasteiger partial charge is 0.320 e. The fourth-order valence-corrected chi connectivity index (χ4v) is 3.52. The first-order valence-corrected chi connectivity index (χ1v) is 8.91. The van der Waals surface area contributed by atoms with E-state index in [4.69, 9.17) is 4.74 Å². The van der Waals surface area contributed by atoms with Crippen LogP contribution >= 0.6 is 0 Å². The Balaban J connectivity index is 1.68. The normalized spacial score (nSPS) is 20.3. The third kappa shape index (κ3) is 4.42. The van der Waals surface area contributed by atoms with Gasteiger partial charge in [0, 0.05) is 45.8 Å². The first kappa shape index (κ1) is 18.4. The molecule has 2 heterocycles. The summed E-state index contributed by atoms with van der Waals surface area (Å²) in [7, 11) is 3.53. The van der Waals surface area contributed by atoms with E-state index in [0.717, 1.165) is 25.3 Å². The van der Waals surface area contributed by atoms with Gasteiger partial charge in [-0.25, -0.2) is 4.79 Å². The van der Waals surface area contributed by atoms with E-state index in [1.807, 2.05) is 38.2 Å². The number of ether oxygens (including phenoxy) is 1. The summed E-state index contributed by atoms with van der Waals surface area (Å²) in [5.74, 6) is 0.942. The lowest BCUT2D eigenvalue weighted by molar-refractivity contribution is 0.159. The van der Waals surface area contributed by atoms with Crippen molar-refractivity contribution in [3.05, 3.63) is 47.7 Å². The zero-order valence-electron chi connectivity index (χ0n) is 15.6. The topological polar surface area (TPSA) is 71.4 Å². The van der Waals surface area contributed by atoms with Gasteiger partial charge in [0.05, 0.1) is 18.3 Å². The molecule has 7 nitrogen and oxygen atoms in total. The van der Waals surface area contributed by atoms with Gasteiger partial charge < -0.3 is 10.1 Å². The first-order chi connectivity index (χ1) is 12.6. The fourth-order valence-electron chi connectivity index (χ4n) is 3.52. The van der Waals surface area contributed by atoms with Crippen molar-refractivity contribution in [1.82, 2.24) is 20.0 Å². The number of rotatable bonds is 6. The molecule has 2 amide bonds. The van der Waals surface area contributed by atoms with Crippen molar-refractivity contribution < 1.29 is 9.53 Å². The lowest BCUT2D eigenvalue weighted by atomic mass is 9.94. The van der Waals surface area contributed by atoms with Crippen LogP contribution in [0.5, 0.6) is 0 Å². The number of amides is 2. The summed E-state index contributed by atoms with van der Waals surface area (Å²) < 4.78 is 6.87. The molecule has 1 unspecified atom stereocenters. The van der Waals surface area contributed by atoms with Gasteiger partial charge in [0.2, 0.25) is 0 Å². The van der Waals surface area contributed by atoms with Crippen molar-refractivity contribution in [1.29, 1.82) is 0 Å². The van der Waals surface area contributed by atoms with Gasteiger partial charge in [0.15, 0.2) is 0 Å². The summed E-state index contributed by atoms with van der Waals surface area (Å²) in [4.78, 5) is 14.9. The second-order valence-electron chi connectivity index (χ2n) is 6.77. The minimum Gasteiger partial charge on any atom is -0.383 e. The van der Waals surface area contributed by atoms with Gasteiger partial charge in [-0.3, -0.25) is 14.9 Å². The zero-order chi connectivity index (χ0) is 18.5. The Morgan fingerprint density at radius 2 is 2.08 bits per heavy atom. The Morgan fingerprint density at radius 1 is 1.31 bits per heavy atom. The van der Waals surface area contributed by atoms with E-state index in [1.54, 1.807) is 11.8 Å². The first-order valence-electron chi connectivity index (χ1n) is 8.91. The Bertz CT molecular complexity index is 731. The molecule has 2 atom stereocenters. The maximum Gasteiger partial charge on any atom is 0.320 e. The number of likely N-dealkylation sites (tertiary alicyclic amines) is 1. The molecule has 0 aliphatic carbocycles. The molecule has 0 saturated carbocycles. The Morgan fingerprint density at radius 3 is 2.73 bits per heavy atom. The Kier molecular flexibility index (Phi) is 5.90. The number of benzene rings is 1. The molecule has 1 fully saturated rings. The number of hydrogen-bond acceptors (Lipinski definition) is 4. The molecular weight excluding hydrogens is 330 g/mol. The Hall–Kier alpha value is -2.38. The lowest BCUT2D eigenvalue weighted by Crippen LogP contribution is -2.42. The van der Waals surface area contributed by atoms with E-state index in [0.29, 0.717) is 12.4 Å². The number of hydrogen-bond donors (Lipinski definition) is 2. The summed E-state index contributed by atoms with van der Waals surface area (Å²) in [6.07, 6.45) is 0. The van der Waals surface area contributed by atoms with Crippen LogP contribution in [0.1, 0.15) is 17.2 Å². The second-order valence-corrected chi connectivity index (χ2v) is 6.77. The molecule has 2 aromatic rings. The van der Waals surface area contributed by atoms with Crippen LogP contribution in [0.3, 0.4) is 0 Å². The number of urea groups is 1. The number of aromatic nitrogens is 2. The van der Waals surface area contributed by atoms with E-state index in [9.17, 15) is 4.79 Å². The van der Waals surface area contributed by atoms with Gasteiger partial charge in [-0.1, -0.05) is 30.3 Å². The molecule has 1 aliphatic heterocycles. The molecule has 1 aromatic heterocycles. The predicted octanol–water partition coefficient (Wildman–Crippen LogP) is 1.96. The quantitative estimate of drug-likeness (QED) is 0.829. The number of carbonyl (C=O) groups excluding carboxylic acids is 1. The minimum atomic E-state index is -0.201. The molecule has 7 heteroatoms. The third-order valence-electron chi connectivity index (χ3n) is 4.79. The van der Waals surface area contributed by atoms with Crippen LogP contribution in [0.4, 0.5) is 10.6 Å². The SMILES string of the molecule is COCCN1CC(c2ccccc2)[C@H](NC(=O)Nc2cc(C)nn2C)C1. The Labute approximate surface area is 154 Å². The van der Waals surface area contributed by atoms with Crippen LogP contribution in [0.15, 0.2) is 36.4 Å². The molecule has 0 spiro atoms. The van der Waals surface area contributed by atoms with Crippen molar-refractivity contribution in [2.75, 3.05) is 38.7 Å². The maximum atomic E-state index is 12.5. The highest BCUT2D eigenvalue weighted by Gasteiger charge is 2.34. The van der Waals surface area contributed by atoms with E-state index in [-0.39, 0.29) is 18.0 Å². The molecule has 26 heavy (non-hydrogen) atoms. The van der Waals surface area contributed by atoms with Gasteiger partial charge >= 0.3 is 6.03 Å². The molecule has 140 valence electrons. The monoisotopic (exact) mass is 357 g/mol. The van der Waals surface area contributed by atoms with Crippen LogP contribution in [-0.2, 0) is 11.8 Å². The number of carbonyl (C=O) groups is 1. The highest BCUT2D eigenvalue weighted by Crippen LogP contribution is 2.27. The highest BCUT2D eigenvalue weighted by atomic mass is 16.5. The number of aryl methyl sites for hydroxylation is 2. The van der Waals surface area contributed by atoms with E-state index in [1.165, 1.54) is 5.56 Å². The standard InChI is InChI=1S/C19H27N5O2/c1-14-11-18(23(2)22-14)21-19(25)20-17-13-24(9-10-26-3)12-16(17)15-7-5-4-6-8-15/h4-8,11,16-17H,9-10,12-13H2,1-3H3,(H2,20,21,25)/t16?,17-/m1/s1. The van der Waals surface area contributed by atoms with Crippen LogP contribution in [0.25, 0.3) is 0 Å². The predicted molar refractivity (Wildman–Crippen MR) is 101 cm³/mol. The van der Waals surface area contributed by atoms with Crippen LogP contribution in [-0.4, -0.2) is 60.1 Å². The average Bonchev–Trinajstić information content (AvgIpc) is 3.16. The average molecular weight is 357 g/mol. The summed E-state index contributed by atoms with van der Waals surface area (Å²) in [6.45, 7) is 5.17. The molecule has 0 radical (unpaired) electrons. The maximum absolute atomic E-state index is 12.5. The number of nitrogens with zero attached hydrogens (tertiary/aromatic N) is 3. The van der Waals surface area contributed by atoms with Crippen molar-refractivity contribution in [3.63, 3.8) is 0 Å². The molecule has 1 saturated heterocycles. The second kappa shape index (κ2) is 8.33. The van der Waals surface area contributed by atoms with E-state index in [2.05, 4.69) is 32.8 Å². The van der Waals surface area contributed by atoms with E-state index < -0.39 is 0 Å². The van der Waals surface area contributed by atoms with Gasteiger partial charge in [0.1, 0.15) is 5.82 Å². The van der Waals surface area contributed by atoms with Crippen LogP contribution < -0.4 is 10.6 Å². The molecule has 2 N–H and O–H groups in total. The molecule has 3 rings (SSSR count). The largest absolute Gasteiger partial charge is 0.383 e. The summed E-state index contributed by atoms with van der Waals surface area (Å²) in [5, 5.41) is 10.3. The number of anilines is 1. The van der Waals surface area contributed by atoms with Crippen molar-refractivity contribution in [2.45, 2.75) is 18.9 Å². The van der Waals surface area contributed by atoms with Crippen molar-refractivity contribution in [2.24, 2.45) is 7.05 Å². The van der Waals surface area contributed by atoms with Crippen molar-refractivity contribution in [3.8, 4) is 0 Å². The summed E-state index contributed by atoms with van der Waals surface area (Å²) in [5.41, 5.74) is 2.12. The summed E-state index contributed by atoms with van der Waals surface area (Å²) >= 11 is 0. The third-order valence-corrected chi connectivity index (χ3v) is 4.79. The van der Waals surface area contributed by atoms with Gasteiger partial charge in [-0.15, -0.1) is 0 Å². The van der Waals surface area contributed by atoms with Crippen LogP contribution in [0, 0.1) is 6.92 Å². The highest BCUT2D eigenvalue weighted by molar-refractivity contribution is 5.88. The lowest BCUT2D eigenvalue weighted by Gasteiger charge is -2.20. The van der Waals surface area contributed by atoms with E-state index >= 15 is 0 Å². The molecular formula is C19H27N5O2. The molecule has 0 bridgehead atoms. The summed E-state index contributed by atoms with van der Waals surface area (Å²) in [6, 6.07) is 12.1.